The number of hydrogen-bond donors (Lipinski definition) is 1. The van der Waals surface area contributed by atoms with Gasteiger partial charge in [-0.1, -0.05) is 53.0 Å². The van der Waals surface area contributed by atoms with Crippen molar-refractivity contribution in [2.45, 2.75) is 27.0 Å². The highest BCUT2D eigenvalue weighted by molar-refractivity contribution is 6.35. The van der Waals surface area contributed by atoms with Crippen LogP contribution in [0.3, 0.4) is 0 Å². The van der Waals surface area contributed by atoms with Gasteiger partial charge < -0.3 is 10.1 Å². The molecule has 0 aromatic heterocycles. The predicted molar refractivity (Wildman–Crippen MR) is 115 cm³/mol. The standard InChI is InChI=1S/C22H20Cl3NO/c1-14-3-8-20(9-15(14)2)26-12-17-10-19(24)11-21(25)22(17)27-13-16-4-6-18(23)7-5-16/h3-11,26H,12-13H2,1-2H3. The molecular formula is C22H20Cl3NO. The molecule has 0 aliphatic heterocycles. The van der Waals surface area contributed by atoms with Crippen LogP contribution < -0.4 is 10.1 Å². The molecule has 0 saturated carbocycles. The van der Waals surface area contributed by atoms with Crippen LogP contribution in [0, 0.1) is 13.8 Å². The Morgan fingerprint density at radius 2 is 1.56 bits per heavy atom. The number of rotatable bonds is 6. The van der Waals surface area contributed by atoms with Gasteiger partial charge in [0.1, 0.15) is 12.4 Å². The maximum Gasteiger partial charge on any atom is 0.143 e. The molecule has 0 amide bonds. The van der Waals surface area contributed by atoms with Gasteiger partial charge in [-0.25, -0.2) is 0 Å². The maximum absolute atomic E-state index is 6.40. The summed E-state index contributed by atoms with van der Waals surface area (Å²) < 4.78 is 6.01. The van der Waals surface area contributed by atoms with E-state index in [0.717, 1.165) is 16.8 Å². The third-order valence-corrected chi connectivity index (χ3v) is 5.12. The molecule has 140 valence electrons. The zero-order chi connectivity index (χ0) is 19.4. The second kappa shape index (κ2) is 8.88. The fourth-order valence-corrected chi connectivity index (χ4v) is 3.41. The Labute approximate surface area is 175 Å². The molecule has 3 aromatic carbocycles. The van der Waals surface area contributed by atoms with Crippen molar-refractivity contribution >= 4 is 40.5 Å². The Kier molecular flexibility index (Phi) is 6.54. The van der Waals surface area contributed by atoms with Gasteiger partial charge >= 0.3 is 0 Å². The fraction of sp³-hybridized carbons (Fsp3) is 0.182. The topological polar surface area (TPSA) is 21.3 Å². The second-order valence-electron chi connectivity index (χ2n) is 6.44. The van der Waals surface area contributed by atoms with Crippen LogP contribution in [-0.2, 0) is 13.2 Å². The molecule has 27 heavy (non-hydrogen) atoms. The van der Waals surface area contributed by atoms with Gasteiger partial charge in [0.25, 0.3) is 0 Å². The lowest BCUT2D eigenvalue weighted by Gasteiger charge is -2.16. The number of halogens is 3. The van der Waals surface area contributed by atoms with Crippen LogP contribution in [0.4, 0.5) is 5.69 Å². The lowest BCUT2D eigenvalue weighted by molar-refractivity contribution is 0.303. The summed E-state index contributed by atoms with van der Waals surface area (Å²) in [6.07, 6.45) is 0. The molecule has 0 fully saturated rings. The summed E-state index contributed by atoms with van der Waals surface area (Å²) >= 11 is 18.5. The van der Waals surface area contributed by atoms with Gasteiger partial charge in [-0.3, -0.25) is 0 Å². The fourth-order valence-electron chi connectivity index (χ4n) is 2.69. The maximum atomic E-state index is 6.40. The van der Waals surface area contributed by atoms with Crippen LogP contribution in [0.1, 0.15) is 22.3 Å². The minimum atomic E-state index is 0.398. The third kappa shape index (κ3) is 5.32. The van der Waals surface area contributed by atoms with Crippen molar-refractivity contribution < 1.29 is 4.74 Å². The first-order chi connectivity index (χ1) is 12.9. The average Bonchev–Trinajstić information content (AvgIpc) is 2.63. The number of ether oxygens (including phenoxy) is 1. The molecule has 3 aromatic rings. The van der Waals surface area contributed by atoms with E-state index in [4.69, 9.17) is 39.5 Å². The van der Waals surface area contributed by atoms with Crippen molar-refractivity contribution in [3.63, 3.8) is 0 Å². The summed E-state index contributed by atoms with van der Waals surface area (Å²) in [6, 6.07) is 17.4. The van der Waals surface area contributed by atoms with Crippen LogP contribution >= 0.6 is 34.8 Å². The number of aryl methyl sites for hydroxylation is 2. The Balaban J connectivity index is 1.77. The molecule has 0 bridgehead atoms. The molecule has 1 N–H and O–H groups in total. The first-order valence-corrected chi connectivity index (χ1v) is 9.72. The molecular weight excluding hydrogens is 401 g/mol. The SMILES string of the molecule is Cc1ccc(NCc2cc(Cl)cc(Cl)c2OCc2ccc(Cl)cc2)cc1C. The molecule has 0 heterocycles. The van der Waals surface area contributed by atoms with E-state index in [9.17, 15) is 0 Å². The van der Waals surface area contributed by atoms with Gasteiger partial charge in [-0.05, 0) is 66.9 Å². The normalized spacial score (nSPS) is 10.7. The minimum Gasteiger partial charge on any atom is -0.487 e. The quantitative estimate of drug-likeness (QED) is 0.447. The van der Waals surface area contributed by atoms with E-state index >= 15 is 0 Å². The first kappa shape index (κ1) is 19.9. The van der Waals surface area contributed by atoms with Crippen molar-refractivity contribution in [2.75, 3.05) is 5.32 Å². The van der Waals surface area contributed by atoms with Crippen molar-refractivity contribution in [3.8, 4) is 5.75 Å². The van der Waals surface area contributed by atoms with Gasteiger partial charge in [-0.2, -0.15) is 0 Å². The summed E-state index contributed by atoms with van der Waals surface area (Å²) in [5.74, 6) is 0.632. The van der Waals surface area contributed by atoms with Crippen LogP contribution in [-0.4, -0.2) is 0 Å². The van der Waals surface area contributed by atoms with Gasteiger partial charge in [0.15, 0.2) is 0 Å². The molecule has 0 unspecified atom stereocenters. The Morgan fingerprint density at radius 3 is 2.26 bits per heavy atom. The highest BCUT2D eigenvalue weighted by Gasteiger charge is 2.12. The Bertz CT molecular complexity index is 939. The van der Waals surface area contributed by atoms with Crippen molar-refractivity contribution in [1.29, 1.82) is 0 Å². The number of anilines is 1. The summed E-state index contributed by atoms with van der Waals surface area (Å²) in [4.78, 5) is 0. The van der Waals surface area contributed by atoms with Crippen molar-refractivity contribution in [1.82, 2.24) is 0 Å². The predicted octanol–water partition coefficient (Wildman–Crippen LogP) is 7.45. The van der Waals surface area contributed by atoms with E-state index in [0.29, 0.717) is 34.0 Å². The van der Waals surface area contributed by atoms with E-state index in [1.54, 1.807) is 6.07 Å². The highest BCUT2D eigenvalue weighted by atomic mass is 35.5. The van der Waals surface area contributed by atoms with Gasteiger partial charge in [0.05, 0.1) is 5.02 Å². The first-order valence-electron chi connectivity index (χ1n) is 8.58. The van der Waals surface area contributed by atoms with Gasteiger partial charge in [0.2, 0.25) is 0 Å². The molecule has 3 rings (SSSR count). The van der Waals surface area contributed by atoms with Crippen LogP contribution in [0.2, 0.25) is 15.1 Å². The van der Waals surface area contributed by atoms with E-state index < -0.39 is 0 Å². The van der Waals surface area contributed by atoms with E-state index in [-0.39, 0.29) is 0 Å². The van der Waals surface area contributed by atoms with Crippen molar-refractivity contribution in [3.05, 3.63) is 91.9 Å². The Morgan fingerprint density at radius 1 is 0.815 bits per heavy atom. The average molecular weight is 421 g/mol. The largest absolute Gasteiger partial charge is 0.487 e. The summed E-state index contributed by atoms with van der Waals surface area (Å²) in [7, 11) is 0. The third-order valence-electron chi connectivity index (χ3n) is 4.37. The molecule has 0 radical (unpaired) electrons. The molecule has 2 nitrogen and oxygen atoms in total. The molecule has 0 atom stereocenters. The zero-order valence-corrected chi connectivity index (χ0v) is 17.4. The smallest absolute Gasteiger partial charge is 0.143 e. The Hall–Kier alpha value is -1.87. The molecule has 0 aliphatic carbocycles. The van der Waals surface area contributed by atoms with E-state index in [1.807, 2.05) is 30.3 Å². The molecule has 0 aliphatic rings. The number of hydrogen-bond acceptors (Lipinski definition) is 2. The molecule has 0 spiro atoms. The molecule has 5 heteroatoms. The number of nitrogens with one attached hydrogen (secondary N) is 1. The molecule has 0 saturated heterocycles. The van der Waals surface area contributed by atoms with E-state index in [2.05, 4.69) is 37.4 Å². The zero-order valence-electron chi connectivity index (χ0n) is 15.2. The summed E-state index contributed by atoms with van der Waals surface area (Å²) in [6.45, 7) is 5.14. The lowest BCUT2D eigenvalue weighted by atomic mass is 10.1. The van der Waals surface area contributed by atoms with Gasteiger partial charge in [-0.15, -0.1) is 0 Å². The summed E-state index contributed by atoms with van der Waals surface area (Å²) in [5.41, 5.74) is 5.46. The van der Waals surface area contributed by atoms with Crippen LogP contribution in [0.15, 0.2) is 54.6 Å². The van der Waals surface area contributed by atoms with Gasteiger partial charge in [0, 0.05) is 27.8 Å². The van der Waals surface area contributed by atoms with Crippen LogP contribution in [0.25, 0.3) is 0 Å². The lowest BCUT2D eigenvalue weighted by Crippen LogP contribution is -2.05. The highest BCUT2D eigenvalue weighted by Crippen LogP contribution is 2.33. The second-order valence-corrected chi connectivity index (χ2v) is 7.72. The van der Waals surface area contributed by atoms with Crippen LogP contribution in [0.5, 0.6) is 5.75 Å². The summed E-state index contributed by atoms with van der Waals surface area (Å²) in [5, 5.41) is 5.18. The monoisotopic (exact) mass is 419 g/mol. The minimum absolute atomic E-state index is 0.398. The van der Waals surface area contributed by atoms with Crippen molar-refractivity contribution in [2.24, 2.45) is 0 Å². The number of benzene rings is 3. The van der Waals surface area contributed by atoms with E-state index in [1.165, 1.54) is 11.1 Å².